The molecule has 1 aliphatic heterocycles. The van der Waals surface area contributed by atoms with Gasteiger partial charge in [-0.05, 0) is 24.6 Å². The summed E-state index contributed by atoms with van der Waals surface area (Å²) in [7, 11) is 0. The molecule has 1 aromatic heterocycles. The molecule has 140 valence electrons. The molecular weight excluding hydrogens is 398 g/mol. The van der Waals surface area contributed by atoms with Crippen LogP contribution in [0.2, 0.25) is 5.02 Å². The maximum absolute atomic E-state index is 12.9. The Balaban J connectivity index is 1.94. The summed E-state index contributed by atoms with van der Waals surface area (Å²) in [4.78, 5) is 27.0. The predicted molar refractivity (Wildman–Crippen MR) is 107 cm³/mol. The Bertz CT molecular complexity index is 1090. The lowest BCUT2D eigenvalue weighted by Crippen LogP contribution is -2.29. The maximum Gasteiger partial charge on any atom is 0.301 e. The van der Waals surface area contributed by atoms with Crippen molar-refractivity contribution in [2.45, 2.75) is 13.0 Å². The van der Waals surface area contributed by atoms with Crippen LogP contribution in [-0.4, -0.2) is 27.0 Å². The number of nitrogens with zero attached hydrogens (tertiary/aromatic N) is 3. The summed E-state index contributed by atoms with van der Waals surface area (Å²) in [5.41, 5.74) is 1.09. The number of hydrogen-bond acceptors (Lipinski definition) is 6. The largest absolute Gasteiger partial charge is 0.507 e. The topological polar surface area (TPSA) is 83.4 Å². The van der Waals surface area contributed by atoms with Crippen molar-refractivity contribution >= 4 is 45.5 Å². The number of aryl methyl sites for hydroxylation is 1. The number of aliphatic hydroxyl groups excluding tert-OH is 1. The van der Waals surface area contributed by atoms with E-state index in [1.165, 1.54) is 16.2 Å². The van der Waals surface area contributed by atoms with Crippen LogP contribution in [0.15, 0.2) is 60.2 Å². The molecule has 1 unspecified atom stereocenters. The van der Waals surface area contributed by atoms with E-state index in [-0.39, 0.29) is 11.3 Å². The van der Waals surface area contributed by atoms with Crippen LogP contribution in [0.4, 0.5) is 5.13 Å². The van der Waals surface area contributed by atoms with Crippen molar-refractivity contribution in [2.24, 2.45) is 0 Å². The van der Waals surface area contributed by atoms with Crippen molar-refractivity contribution in [3.05, 3.63) is 81.3 Å². The second-order valence-corrected chi connectivity index (χ2v) is 7.79. The number of rotatable bonds is 3. The first kappa shape index (κ1) is 18.3. The number of anilines is 1. The Morgan fingerprint density at radius 2 is 1.75 bits per heavy atom. The van der Waals surface area contributed by atoms with Gasteiger partial charge in [0, 0.05) is 10.6 Å². The minimum atomic E-state index is -0.829. The summed E-state index contributed by atoms with van der Waals surface area (Å²) >= 11 is 7.20. The molecule has 2 heterocycles. The molecule has 0 spiro atoms. The number of hydrogen-bond donors (Lipinski definition) is 1. The quantitative estimate of drug-likeness (QED) is 0.398. The monoisotopic (exact) mass is 411 g/mol. The lowest BCUT2D eigenvalue weighted by atomic mass is 9.95. The molecule has 1 aliphatic rings. The number of ketones is 1. The van der Waals surface area contributed by atoms with E-state index in [9.17, 15) is 14.7 Å². The van der Waals surface area contributed by atoms with Crippen LogP contribution in [0.25, 0.3) is 5.76 Å². The molecule has 4 rings (SSSR count). The average Bonchev–Trinajstić information content (AvgIpc) is 3.24. The van der Waals surface area contributed by atoms with E-state index >= 15 is 0 Å². The smallest absolute Gasteiger partial charge is 0.301 e. The number of carbonyl (C=O) groups is 2. The van der Waals surface area contributed by atoms with Gasteiger partial charge >= 0.3 is 5.91 Å². The zero-order chi connectivity index (χ0) is 19.8. The van der Waals surface area contributed by atoms with Crippen molar-refractivity contribution in [1.82, 2.24) is 10.2 Å². The molecule has 8 heteroatoms. The summed E-state index contributed by atoms with van der Waals surface area (Å²) in [6, 6.07) is 14.6. The van der Waals surface area contributed by atoms with Gasteiger partial charge < -0.3 is 5.11 Å². The number of halogens is 1. The summed E-state index contributed by atoms with van der Waals surface area (Å²) < 4.78 is 0. The molecule has 1 amide bonds. The first-order valence-corrected chi connectivity index (χ1v) is 9.59. The fourth-order valence-corrected chi connectivity index (χ4v) is 3.97. The third-order valence-electron chi connectivity index (χ3n) is 4.40. The van der Waals surface area contributed by atoms with Crippen molar-refractivity contribution in [1.29, 1.82) is 0 Å². The van der Waals surface area contributed by atoms with Gasteiger partial charge in [-0.3, -0.25) is 14.5 Å². The third-order valence-corrected chi connectivity index (χ3v) is 5.49. The second kappa shape index (κ2) is 7.18. The molecule has 2 aromatic carbocycles. The number of aromatic nitrogens is 2. The van der Waals surface area contributed by atoms with E-state index in [1.807, 2.05) is 0 Å². The zero-order valence-corrected chi connectivity index (χ0v) is 16.2. The third kappa shape index (κ3) is 3.08. The van der Waals surface area contributed by atoms with Gasteiger partial charge in [0.05, 0.1) is 11.6 Å². The average molecular weight is 412 g/mol. The van der Waals surface area contributed by atoms with E-state index in [4.69, 9.17) is 11.6 Å². The zero-order valence-electron chi connectivity index (χ0n) is 14.7. The van der Waals surface area contributed by atoms with Gasteiger partial charge in [0.15, 0.2) is 0 Å². The maximum atomic E-state index is 12.9. The first-order chi connectivity index (χ1) is 13.5. The summed E-state index contributed by atoms with van der Waals surface area (Å²) in [6.07, 6.45) is 0. The molecule has 28 heavy (non-hydrogen) atoms. The minimum Gasteiger partial charge on any atom is -0.507 e. The van der Waals surface area contributed by atoms with Crippen LogP contribution in [0.1, 0.15) is 22.2 Å². The van der Waals surface area contributed by atoms with Crippen molar-refractivity contribution in [3.8, 4) is 0 Å². The number of benzene rings is 2. The Morgan fingerprint density at radius 3 is 2.36 bits per heavy atom. The van der Waals surface area contributed by atoms with Crippen LogP contribution in [0.3, 0.4) is 0 Å². The number of carbonyl (C=O) groups excluding carboxylic acids is 2. The standard InChI is InChI=1S/C20H14ClN3O3S/c1-11-22-23-20(28-11)24-16(12-7-9-14(21)10-8-12)15(18(26)19(24)27)17(25)13-5-3-2-4-6-13/h2-10,16,25H,1H3/b17-15-. The minimum absolute atomic E-state index is 0.00590. The number of Topliss-reactive ketones (excluding diaryl/α,β-unsaturated/α-hetero) is 1. The van der Waals surface area contributed by atoms with Crippen LogP contribution in [-0.2, 0) is 9.59 Å². The van der Waals surface area contributed by atoms with Gasteiger partial charge in [-0.25, -0.2) is 0 Å². The molecule has 0 aliphatic carbocycles. The second-order valence-electron chi connectivity index (χ2n) is 6.19. The van der Waals surface area contributed by atoms with Crippen molar-refractivity contribution < 1.29 is 14.7 Å². The Morgan fingerprint density at radius 1 is 1.07 bits per heavy atom. The molecule has 0 bridgehead atoms. The molecule has 1 atom stereocenters. The van der Waals surface area contributed by atoms with E-state index in [1.54, 1.807) is 61.5 Å². The molecule has 6 nitrogen and oxygen atoms in total. The van der Waals surface area contributed by atoms with Crippen LogP contribution in [0, 0.1) is 6.92 Å². The molecule has 0 radical (unpaired) electrons. The number of aliphatic hydroxyl groups is 1. The van der Waals surface area contributed by atoms with Gasteiger partial charge in [-0.2, -0.15) is 0 Å². The van der Waals surface area contributed by atoms with Crippen LogP contribution >= 0.6 is 22.9 Å². The Hall–Kier alpha value is -3.03. The number of amides is 1. The molecule has 1 saturated heterocycles. The van der Waals surface area contributed by atoms with E-state index < -0.39 is 17.7 Å². The highest BCUT2D eigenvalue weighted by Gasteiger charge is 2.48. The lowest BCUT2D eigenvalue weighted by Gasteiger charge is -2.22. The SMILES string of the molecule is Cc1nnc(N2C(=O)C(=O)/C(=C(\O)c3ccccc3)C2c2ccc(Cl)cc2)s1. The van der Waals surface area contributed by atoms with Crippen molar-refractivity contribution in [3.63, 3.8) is 0 Å². The highest BCUT2D eigenvalue weighted by atomic mass is 35.5. The first-order valence-electron chi connectivity index (χ1n) is 8.39. The van der Waals surface area contributed by atoms with Gasteiger partial charge in [-0.1, -0.05) is 65.4 Å². The van der Waals surface area contributed by atoms with Crippen LogP contribution < -0.4 is 4.90 Å². The van der Waals surface area contributed by atoms with E-state index in [0.717, 1.165) is 0 Å². The molecular formula is C20H14ClN3O3S. The van der Waals surface area contributed by atoms with E-state index in [2.05, 4.69) is 10.2 Å². The van der Waals surface area contributed by atoms with Gasteiger partial charge in [-0.15, -0.1) is 10.2 Å². The fourth-order valence-electron chi connectivity index (χ4n) is 3.13. The molecule has 1 fully saturated rings. The molecule has 3 aromatic rings. The van der Waals surface area contributed by atoms with Gasteiger partial charge in [0.25, 0.3) is 5.78 Å². The van der Waals surface area contributed by atoms with Crippen LogP contribution in [0.5, 0.6) is 0 Å². The molecule has 1 N–H and O–H groups in total. The summed E-state index contributed by atoms with van der Waals surface area (Å²) in [5.74, 6) is -1.76. The highest BCUT2D eigenvalue weighted by molar-refractivity contribution is 7.15. The highest BCUT2D eigenvalue weighted by Crippen LogP contribution is 2.43. The van der Waals surface area contributed by atoms with Gasteiger partial charge in [0.2, 0.25) is 5.13 Å². The summed E-state index contributed by atoms with van der Waals surface area (Å²) in [6.45, 7) is 1.76. The van der Waals surface area contributed by atoms with Gasteiger partial charge in [0.1, 0.15) is 10.8 Å². The Labute approximate surface area is 169 Å². The summed E-state index contributed by atoms with van der Waals surface area (Å²) in [5, 5.41) is 20.4. The lowest BCUT2D eigenvalue weighted by molar-refractivity contribution is -0.132. The van der Waals surface area contributed by atoms with Crippen molar-refractivity contribution in [2.75, 3.05) is 4.90 Å². The normalized spacial score (nSPS) is 18.6. The fraction of sp³-hybridized carbons (Fsp3) is 0.100. The molecule has 0 saturated carbocycles. The predicted octanol–water partition coefficient (Wildman–Crippen LogP) is 4.13. The van der Waals surface area contributed by atoms with E-state index in [0.29, 0.717) is 26.3 Å². The Kier molecular flexibility index (Phi) is 4.70.